The Bertz CT molecular complexity index is 1690. The van der Waals surface area contributed by atoms with Gasteiger partial charge in [0.2, 0.25) is 0 Å². The number of nitrogens with one attached hydrogen (secondary N) is 2. The minimum absolute atomic E-state index is 0.0771. The smallest absolute Gasteiger partial charge is 0.262 e. The van der Waals surface area contributed by atoms with E-state index >= 15 is 0 Å². The monoisotopic (exact) mass is 574 g/mol. The van der Waals surface area contributed by atoms with Crippen LogP contribution in [0.5, 0.6) is 5.75 Å². The van der Waals surface area contributed by atoms with Crippen LogP contribution >= 0.6 is 12.2 Å². The Morgan fingerprint density at radius 1 is 0.952 bits per heavy atom. The molecule has 6 rings (SSSR count). The summed E-state index contributed by atoms with van der Waals surface area (Å²) < 4.78 is 7.79. The first-order valence-corrected chi connectivity index (χ1v) is 14.1. The normalized spacial score (nSPS) is 16.2. The molecule has 1 amide bonds. The highest BCUT2D eigenvalue weighted by atomic mass is 32.1. The molecule has 2 N–H and O–H groups in total. The van der Waals surface area contributed by atoms with Gasteiger partial charge in [-0.05, 0) is 98.4 Å². The van der Waals surface area contributed by atoms with Crippen molar-refractivity contribution in [1.82, 2.24) is 19.9 Å². The molecule has 1 saturated heterocycles. The van der Waals surface area contributed by atoms with Gasteiger partial charge >= 0.3 is 0 Å². The SMILES string of the molecule is Cc1cc([C@H]2[C@H](c3ccccn3)NC(=S)N2c2ccc(NC(=O)COc3ccccc3)cc2)c(C)n1-c1cccnc1. The number of nitrogens with zero attached hydrogens (tertiary/aromatic N) is 4. The first-order valence-electron chi connectivity index (χ1n) is 13.7. The van der Waals surface area contributed by atoms with Crippen LogP contribution in [-0.4, -0.2) is 32.2 Å². The van der Waals surface area contributed by atoms with E-state index in [0.717, 1.165) is 34.0 Å². The number of amides is 1. The lowest BCUT2D eigenvalue weighted by atomic mass is 9.96. The van der Waals surface area contributed by atoms with Crippen molar-refractivity contribution in [2.45, 2.75) is 25.9 Å². The molecule has 1 fully saturated rings. The Hall–Kier alpha value is -5.02. The van der Waals surface area contributed by atoms with Crippen LogP contribution in [0.2, 0.25) is 0 Å². The van der Waals surface area contributed by atoms with Crippen LogP contribution in [0, 0.1) is 13.8 Å². The lowest BCUT2D eigenvalue weighted by molar-refractivity contribution is -0.118. The van der Waals surface area contributed by atoms with Crippen molar-refractivity contribution >= 4 is 34.6 Å². The van der Waals surface area contributed by atoms with Crippen LogP contribution < -0.4 is 20.3 Å². The molecule has 2 atom stereocenters. The van der Waals surface area contributed by atoms with Crippen molar-refractivity contribution < 1.29 is 9.53 Å². The number of aryl methyl sites for hydroxylation is 1. The minimum Gasteiger partial charge on any atom is -0.484 e. The van der Waals surface area contributed by atoms with E-state index < -0.39 is 0 Å². The van der Waals surface area contributed by atoms with E-state index in [1.54, 1.807) is 12.4 Å². The standard InChI is InChI=1S/C33H30N6O2S/c1-22-19-28(23(2)38(22)26-9-8-17-34-20-26)32-31(29-12-6-7-18-35-29)37-33(42)39(32)25-15-13-24(14-16-25)36-30(40)21-41-27-10-4-3-5-11-27/h3-20,31-32H,21H2,1-2H3,(H,36,40)(H,37,42)/t31-,32-/m0/s1. The number of rotatable bonds is 8. The van der Waals surface area contributed by atoms with E-state index in [1.807, 2.05) is 85.1 Å². The number of hydrogen-bond acceptors (Lipinski definition) is 5. The van der Waals surface area contributed by atoms with E-state index in [4.69, 9.17) is 17.0 Å². The van der Waals surface area contributed by atoms with Gasteiger partial charge in [-0.1, -0.05) is 24.3 Å². The van der Waals surface area contributed by atoms with Crippen LogP contribution in [0.4, 0.5) is 11.4 Å². The molecule has 0 saturated carbocycles. The minimum atomic E-state index is -0.235. The number of thiocarbonyl (C=S) groups is 1. The number of hydrogen-bond donors (Lipinski definition) is 2. The Labute approximate surface area is 250 Å². The zero-order valence-electron chi connectivity index (χ0n) is 23.3. The Morgan fingerprint density at radius 3 is 2.45 bits per heavy atom. The second kappa shape index (κ2) is 11.8. The summed E-state index contributed by atoms with van der Waals surface area (Å²) in [5, 5.41) is 7.04. The van der Waals surface area contributed by atoms with E-state index in [2.05, 4.69) is 56.0 Å². The molecule has 0 spiro atoms. The van der Waals surface area contributed by atoms with Crippen molar-refractivity contribution in [2.24, 2.45) is 0 Å². The number of ether oxygens (including phenoxy) is 1. The summed E-state index contributed by atoms with van der Waals surface area (Å²) >= 11 is 5.92. The Balaban J connectivity index is 1.30. The number of carbonyl (C=O) groups is 1. The van der Waals surface area contributed by atoms with Crippen LogP contribution in [0.3, 0.4) is 0 Å². The van der Waals surface area contributed by atoms with Gasteiger partial charge in [0, 0.05) is 35.2 Å². The van der Waals surface area contributed by atoms with Crippen molar-refractivity contribution in [2.75, 3.05) is 16.8 Å². The maximum absolute atomic E-state index is 12.5. The highest BCUT2D eigenvalue weighted by Crippen LogP contribution is 2.43. The molecule has 8 nitrogen and oxygen atoms in total. The summed E-state index contributed by atoms with van der Waals surface area (Å²) in [4.78, 5) is 23.7. The van der Waals surface area contributed by atoms with Gasteiger partial charge < -0.3 is 24.8 Å². The highest BCUT2D eigenvalue weighted by molar-refractivity contribution is 7.80. The van der Waals surface area contributed by atoms with Gasteiger partial charge in [0.1, 0.15) is 5.75 Å². The zero-order valence-corrected chi connectivity index (χ0v) is 24.1. The van der Waals surface area contributed by atoms with Gasteiger partial charge in [0.15, 0.2) is 11.7 Å². The molecule has 1 aliphatic rings. The van der Waals surface area contributed by atoms with Crippen LogP contribution in [0.15, 0.2) is 110 Å². The third-order valence-corrected chi connectivity index (χ3v) is 7.65. The first-order chi connectivity index (χ1) is 20.5. The topological polar surface area (TPSA) is 84.3 Å². The molecule has 0 bridgehead atoms. The second-order valence-corrected chi connectivity index (χ2v) is 10.5. The lowest BCUT2D eigenvalue weighted by Gasteiger charge is -2.28. The van der Waals surface area contributed by atoms with Gasteiger partial charge in [-0.2, -0.15) is 0 Å². The molecule has 4 heterocycles. The number of para-hydroxylation sites is 1. The molecule has 210 valence electrons. The molecule has 2 aromatic carbocycles. The van der Waals surface area contributed by atoms with Crippen molar-refractivity contribution in [3.05, 3.63) is 132 Å². The zero-order chi connectivity index (χ0) is 29.1. The first kappa shape index (κ1) is 27.2. The highest BCUT2D eigenvalue weighted by Gasteiger charge is 2.42. The molecule has 0 aliphatic carbocycles. The van der Waals surface area contributed by atoms with E-state index in [0.29, 0.717) is 16.5 Å². The predicted octanol–water partition coefficient (Wildman–Crippen LogP) is 6.08. The third kappa shape index (κ3) is 5.46. The number of carbonyl (C=O) groups excluding carboxylic acids is 1. The van der Waals surface area contributed by atoms with Gasteiger partial charge in [-0.15, -0.1) is 0 Å². The van der Waals surface area contributed by atoms with E-state index in [-0.39, 0.29) is 24.6 Å². The van der Waals surface area contributed by atoms with Gasteiger partial charge in [-0.3, -0.25) is 14.8 Å². The fourth-order valence-corrected chi connectivity index (χ4v) is 5.83. The molecule has 9 heteroatoms. The second-order valence-electron chi connectivity index (χ2n) is 10.1. The van der Waals surface area contributed by atoms with Crippen LogP contribution in [0.25, 0.3) is 5.69 Å². The molecule has 42 heavy (non-hydrogen) atoms. The van der Waals surface area contributed by atoms with Crippen LogP contribution in [-0.2, 0) is 4.79 Å². The van der Waals surface area contributed by atoms with Gasteiger partial charge in [0.25, 0.3) is 5.91 Å². The van der Waals surface area contributed by atoms with Crippen molar-refractivity contribution in [3.63, 3.8) is 0 Å². The average Bonchev–Trinajstić information content (AvgIpc) is 3.52. The summed E-state index contributed by atoms with van der Waals surface area (Å²) in [7, 11) is 0. The molecule has 0 radical (unpaired) electrons. The maximum atomic E-state index is 12.5. The molecule has 1 aliphatic heterocycles. The fourth-order valence-electron chi connectivity index (χ4n) is 5.49. The molecular weight excluding hydrogens is 544 g/mol. The lowest BCUT2D eigenvalue weighted by Crippen LogP contribution is -2.29. The number of pyridine rings is 2. The number of anilines is 2. The summed E-state index contributed by atoms with van der Waals surface area (Å²) in [6.45, 7) is 4.15. The van der Waals surface area contributed by atoms with Crippen molar-refractivity contribution in [1.29, 1.82) is 0 Å². The molecule has 3 aromatic heterocycles. The van der Waals surface area contributed by atoms with E-state index in [9.17, 15) is 4.79 Å². The number of benzene rings is 2. The molecule has 0 unspecified atom stereocenters. The summed E-state index contributed by atoms with van der Waals surface area (Å²) in [5.74, 6) is 0.412. The third-order valence-electron chi connectivity index (χ3n) is 7.33. The van der Waals surface area contributed by atoms with Gasteiger partial charge in [0.05, 0.1) is 29.7 Å². The average molecular weight is 575 g/mol. The summed E-state index contributed by atoms with van der Waals surface area (Å²) in [5.41, 5.74) is 6.82. The number of aromatic nitrogens is 3. The Kier molecular flexibility index (Phi) is 7.66. The summed E-state index contributed by atoms with van der Waals surface area (Å²) in [6.07, 6.45) is 5.45. The maximum Gasteiger partial charge on any atom is 0.262 e. The summed E-state index contributed by atoms with van der Waals surface area (Å²) in [6, 6.07) is 28.8. The van der Waals surface area contributed by atoms with E-state index in [1.165, 1.54) is 0 Å². The predicted molar refractivity (Wildman–Crippen MR) is 168 cm³/mol. The fraction of sp³-hybridized carbons (Fsp3) is 0.152. The molecular formula is C33H30N6O2S. The largest absolute Gasteiger partial charge is 0.484 e. The van der Waals surface area contributed by atoms with Crippen molar-refractivity contribution in [3.8, 4) is 11.4 Å². The van der Waals surface area contributed by atoms with Gasteiger partial charge in [-0.25, -0.2) is 0 Å². The quantitative estimate of drug-likeness (QED) is 0.217. The Morgan fingerprint density at radius 2 is 1.74 bits per heavy atom. The molecule has 5 aromatic rings. The van der Waals surface area contributed by atoms with Crippen LogP contribution in [0.1, 0.15) is 34.7 Å².